The minimum Gasteiger partial charge on any atom is -0.298 e. The van der Waals surface area contributed by atoms with E-state index >= 15 is 0 Å². The largest absolute Gasteiger partial charge is 0.298 e. The Kier molecular flexibility index (Phi) is 2.41. The van der Waals surface area contributed by atoms with Gasteiger partial charge in [-0.2, -0.15) is 0 Å². The maximum atomic E-state index is 11.2. The van der Waals surface area contributed by atoms with Crippen molar-refractivity contribution in [1.82, 2.24) is 0 Å². The van der Waals surface area contributed by atoms with Crippen LogP contribution in [0.2, 0.25) is 0 Å². The molecule has 0 fully saturated rings. The molecule has 0 spiro atoms. The van der Waals surface area contributed by atoms with E-state index in [0.29, 0.717) is 0 Å². The van der Waals surface area contributed by atoms with Crippen LogP contribution in [0.4, 0.5) is 0 Å². The molecule has 0 saturated heterocycles. The molecule has 0 saturated carbocycles. The van der Waals surface area contributed by atoms with Gasteiger partial charge in [0.2, 0.25) is 0 Å². The van der Waals surface area contributed by atoms with Crippen LogP contribution in [0.1, 0.15) is 21.5 Å². The molecule has 88 valence electrons. The highest BCUT2D eigenvalue weighted by molar-refractivity contribution is 6.08. The van der Waals surface area contributed by atoms with Crippen molar-refractivity contribution in [1.29, 1.82) is 0 Å². The van der Waals surface area contributed by atoms with Crippen molar-refractivity contribution in [2.75, 3.05) is 0 Å². The second-order valence-electron chi connectivity index (χ2n) is 4.73. The van der Waals surface area contributed by atoms with Crippen molar-refractivity contribution in [2.24, 2.45) is 0 Å². The van der Waals surface area contributed by atoms with E-state index in [0.717, 1.165) is 22.6 Å². The summed E-state index contributed by atoms with van der Waals surface area (Å²) < 4.78 is 0. The monoisotopic (exact) mass is 234 g/mol. The molecular weight excluding hydrogens is 220 g/mol. The highest BCUT2D eigenvalue weighted by Crippen LogP contribution is 2.31. The third kappa shape index (κ3) is 1.44. The summed E-state index contributed by atoms with van der Waals surface area (Å²) in [5.74, 6) is 0. The molecule has 18 heavy (non-hydrogen) atoms. The van der Waals surface area contributed by atoms with Crippen LogP contribution < -0.4 is 0 Å². The first-order chi connectivity index (χ1) is 8.72. The lowest BCUT2D eigenvalue weighted by molar-refractivity contribution is 0.112. The highest BCUT2D eigenvalue weighted by atomic mass is 16.1. The summed E-state index contributed by atoms with van der Waals surface area (Å²) in [5, 5.41) is 4.71. The van der Waals surface area contributed by atoms with Crippen molar-refractivity contribution in [3.8, 4) is 0 Å². The van der Waals surface area contributed by atoms with Gasteiger partial charge in [0.05, 0.1) is 0 Å². The van der Waals surface area contributed by atoms with Crippen LogP contribution in [-0.2, 0) is 0 Å². The molecule has 1 heteroatoms. The quantitative estimate of drug-likeness (QED) is 0.450. The third-order valence-electron chi connectivity index (χ3n) is 3.66. The molecular formula is C17H14O. The number of hydrogen-bond donors (Lipinski definition) is 0. The Hall–Kier alpha value is -2.15. The molecule has 3 rings (SSSR count). The van der Waals surface area contributed by atoms with E-state index in [9.17, 15) is 4.79 Å². The molecule has 0 radical (unpaired) electrons. The molecule has 0 amide bonds. The minimum absolute atomic E-state index is 0.772. The van der Waals surface area contributed by atoms with Crippen LogP contribution >= 0.6 is 0 Å². The zero-order chi connectivity index (χ0) is 12.7. The first-order valence-corrected chi connectivity index (χ1v) is 6.09. The summed E-state index contributed by atoms with van der Waals surface area (Å²) >= 11 is 0. The van der Waals surface area contributed by atoms with Gasteiger partial charge in [-0.15, -0.1) is 0 Å². The molecule has 0 heterocycles. The number of aldehydes is 1. The molecule has 0 aromatic heterocycles. The minimum atomic E-state index is 0.772. The van der Waals surface area contributed by atoms with Gasteiger partial charge in [0, 0.05) is 5.56 Å². The number of fused-ring (bicyclic) bond motifs is 2. The van der Waals surface area contributed by atoms with E-state index < -0.39 is 0 Å². The zero-order valence-electron chi connectivity index (χ0n) is 10.5. The van der Waals surface area contributed by atoms with E-state index in [1.807, 2.05) is 12.1 Å². The average Bonchev–Trinajstić information content (AvgIpc) is 2.39. The van der Waals surface area contributed by atoms with Crippen molar-refractivity contribution in [3.63, 3.8) is 0 Å². The summed E-state index contributed by atoms with van der Waals surface area (Å²) in [6.07, 6.45) is 0.941. The fourth-order valence-electron chi connectivity index (χ4n) is 2.73. The van der Waals surface area contributed by atoms with E-state index in [1.165, 1.54) is 21.9 Å². The van der Waals surface area contributed by atoms with Gasteiger partial charge in [-0.25, -0.2) is 0 Å². The van der Waals surface area contributed by atoms with Gasteiger partial charge in [0.25, 0.3) is 0 Å². The molecule has 0 unspecified atom stereocenters. The van der Waals surface area contributed by atoms with Gasteiger partial charge in [0.15, 0.2) is 6.29 Å². The molecule has 3 aromatic rings. The third-order valence-corrected chi connectivity index (χ3v) is 3.66. The fourth-order valence-corrected chi connectivity index (χ4v) is 2.73. The normalized spacial score (nSPS) is 11.0. The van der Waals surface area contributed by atoms with E-state index in [1.54, 1.807) is 0 Å². The second kappa shape index (κ2) is 3.95. The predicted octanol–water partition coefficient (Wildman–Crippen LogP) is 4.42. The zero-order valence-corrected chi connectivity index (χ0v) is 10.5. The maximum absolute atomic E-state index is 11.2. The molecule has 3 aromatic carbocycles. The van der Waals surface area contributed by atoms with E-state index in [4.69, 9.17) is 0 Å². The van der Waals surface area contributed by atoms with E-state index in [2.05, 4.69) is 44.2 Å². The van der Waals surface area contributed by atoms with Gasteiger partial charge < -0.3 is 0 Å². The Labute approximate surface area is 106 Å². The van der Waals surface area contributed by atoms with Crippen LogP contribution in [0.5, 0.6) is 0 Å². The lowest BCUT2D eigenvalue weighted by atomic mass is 9.93. The Morgan fingerprint density at radius 1 is 0.944 bits per heavy atom. The Bertz CT molecular complexity index is 769. The van der Waals surface area contributed by atoms with Gasteiger partial charge in [0.1, 0.15) is 0 Å². The topological polar surface area (TPSA) is 17.1 Å². The summed E-state index contributed by atoms with van der Waals surface area (Å²) in [5.41, 5.74) is 3.23. The Morgan fingerprint density at radius 3 is 2.50 bits per heavy atom. The number of rotatable bonds is 1. The molecule has 1 nitrogen and oxygen atoms in total. The van der Waals surface area contributed by atoms with Crippen molar-refractivity contribution in [2.45, 2.75) is 13.8 Å². The molecule has 0 N–H and O–H groups in total. The van der Waals surface area contributed by atoms with Crippen LogP contribution in [0.15, 0.2) is 42.5 Å². The van der Waals surface area contributed by atoms with Crippen molar-refractivity contribution in [3.05, 3.63) is 59.2 Å². The van der Waals surface area contributed by atoms with Crippen molar-refractivity contribution >= 4 is 27.8 Å². The molecule has 0 aliphatic rings. The number of hydrogen-bond acceptors (Lipinski definition) is 1. The Balaban J connectivity index is 2.61. The summed E-state index contributed by atoms with van der Waals surface area (Å²) in [4.78, 5) is 11.2. The smallest absolute Gasteiger partial charge is 0.150 e. The Morgan fingerprint density at radius 2 is 1.72 bits per heavy atom. The summed E-state index contributed by atoms with van der Waals surface area (Å²) in [6, 6.07) is 14.4. The maximum Gasteiger partial charge on any atom is 0.150 e. The summed E-state index contributed by atoms with van der Waals surface area (Å²) in [7, 11) is 0. The van der Waals surface area contributed by atoms with Crippen LogP contribution in [-0.4, -0.2) is 6.29 Å². The molecule has 0 aliphatic carbocycles. The van der Waals surface area contributed by atoms with Crippen molar-refractivity contribution < 1.29 is 4.79 Å². The second-order valence-corrected chi connectivity index (χ2v) is 4.73. The standard InChI is InChI=1S/C17H14O/c1-11-5-3-8-15-12(2)17-13(9-16(11)15)6-4-7-14(17)10-18/h3-10H,1-2H3. The van der Waals surface area contributed by atoms with Gasteiger partial charge in [-0.05, 0) is 52.6 Å². The average molecular weight is 234 g/mol. The van der Waals surface area contributed by atoms with Crippen LogP contribution in [0, 0.1) is 13.8 Å². The number of carbonyl (C=O) groups is 1. The van der Waals surface area contributed by atoms with Gasteiger partial charge in [-0.1, -0.05) is 36.4 Å². The SMILES string of the molecule is Cc1cccc2c(C)c3c(C=O)cccc3cc12. The fraction of sp³-hybridized carbons (Fsp3) is 0.118. The lowest BCUT2D eigenvalue weighted by Crippen LogP contribution is -1.90. The molecule has 0 atom stereocenters. The van der Waals surface area contributed by atoms with E-state index in [-0.39, 0.29) is 0 Å². The summed E-state index contributed by atoms with van der Waals surface area (Å²) in [6.45, 7) is 4.22. The van der Waals surface area contributed by atoms with Gasteiger partial charge >= 0.3 is 0 Å². The first kappa shape index (κ1) is 11.0. The lowest BCUT2D eigenvalue weighted by Gasteiger charge is -2.11. The molecule has 0 bridgehead atoms. The number of aryl methyl sites for hydroxylation is 2. The number of carbonyl (C=O) groups excluding carboxylic acids is 1. The first-order valence-electron chi connectivity index (χ1n) is 6.09. The predicted molar refractivity (Wildman–Crippen MR) is 76.3 cm³/mol. The molecule has 0 aliphatic heterocycles. The highest BCUT2D eigenvalue weighted by Gasteiger charge is 2.08. The van der Waals surface area contributed by atoms with Crippen LogP contribution in [0.25, 0.3) is 21.5 Å². The van der Waals surface area contributed by atoms with Gasteiger partial charge in [-0.3, -0.25) is 4.79 Å². The van der Waals surface area contributed by atoms with Crippen LogP contribution in [0.3, 0.4) is 0 Å². The number of benzene rings is 3.